The number of unbranched alkanes of at least 4 members (excludes halogenated alkanes) is 1. The van der Waals surface area contributed by atoms with Crippen LogP contribution in [-0.4, -0.2) is 37.7 Å². The number of amides is 1. The molecule has 0 fully saturated rings. The molecule has 1 heterocycles. The van der Waals surface area contributed by atoms with E-state index in [9.17, 15) is 4.79 Å². The van der Waals surface area contributed by atoms with Crippen LogP contribution in [0.25, 0.3) is 0 Å². The van der Waals surface area contributed by atoms with E-state index in [1.807, 2.05) is 6.07 Å². The van der Waals surface area contributed by atoms with E-state index < -0.39 is 0 Å². The first-order chi connectivity index (χ1) is 8.77. The second-order valence-corrected chi connectivity index (χ2v) is 3.90. The maximum absolute atomic E-state index is 11.7. The summed E-state index contributed by atoms with van der Waals surface area (Å²) in [6.45, 7) is 3.91. The summed E-state index contributed by atoms with van der Waals surface area (Å²) in [4.78, 5) is 15.8. The predicted molar refractivity (Wildman–Crippen MR) is 71.8 cm³/mol. The average molecular weight is 251 g/mol. The van der Waals surface area contributed by atoms with Crippen molar-refractivity contribution >= 4 is 11.6 Å². The zero-order chi connectivity index (χ0) is 13.2. The number of pyridine rings is 1. The van der Waals surface area contributed by atoms with Crippen LogP contribution >= 0.6 is 0 Å². The molecule has 1 amide bonds. The number of ether oxygens (including phenoxy) is 1. The number of hydrogen-bond donors (Lipinski definition) is 2. The molecule has 1 rings (SSSR count). The van der Waals surface area contributed by atoms with E-state index >= 15 is 0 Å². The number of nitrogens with one attached hydrogen (secondary N) is 2. The molecule has 1 aromatic rings. The minimum absolute atomic E-state index is 0.175. The summed E-state index contributed by atoms with van der Waals surface area (Å²) >= 11 is 0. The highest BCUT2D eigenvalue weighted by Gasteiger charge is 2.06. The lowest BCUT2D eigenvalue weighted by Gasteiger charge is -2.06. The van der Waals surface area contributed by atoms with Gasteiger partial charge in [-0.15, -0.1) is 0 Å². The lowest BCUT2D eigenvalue weighted by Crippen LogP contribution is -2.28. The maximum Gasteiger partial charge on any atom is 0.270 e. The summed E-state index contributed by atoms with van der Waals surface area (Å²) < 4.78 is 5.36. The Morgan fingerprint density at radius 1 is 1.44 bits per heavy atom. The second kappa shape index (κ2) is 8.47. The van der Waals surface area contributed by atoms with Crippen molar-refractivity contribution in [1.29, 1.82) is 0 Å². The van der Waals surface area contributed by atoms with Gasteiger partial charge in [-0.2, -0.15) is 0 Å². The van der Waals surface area contributed by atoms with Gasteiger partial charge in [0.2, 0.25) is 0 Å². The topological polar surface area (TPSA) is 63.2 Å². The molecule has 0 saturated carbocycles. The van der Waals surface area contributed by atoms with Gasteiger partial charge in [0.15, 0.2) is 0 Å². The lowest BCUT2D eigenvalue weighted by molar-refractivity contribution is 0.0908. The first-order valence-corrected chi connectivity index (χ1v) is 6.27. The van der Waals surface area contributed by atoms with Crippen molar-refractivity contribution in [3.8, 4) is 0 Å². The fourth-order valence-corrected chi connectivity index (χ4v) is 1.39. The number of anilines is 1. The molecular weight excluding hydrogens is 230 g/mol. The van der Waals surface area contributed by atoms with Crippen LogP contribution in [-0.2, 0) is 4.74 Å². The Labute approximate surface area is 108 Å². The van der Waals surface area contributed by atoms with Gasteiger partial charge in [-0.1, -0.05) is 13.3 Å². The summed E-state index contributed by atoms with van der Waals surface area (Å²) in [5, 5.41) is 5.74. The molecule has 2 N–H and O–H groups in total. The fraction of sp³-hybridized carbons (Fsp3) is 0.538. The Morgan fingerprint density at radius 3 is 3.00 bits per heavy atom. The summed E-state index contributed by atoms with van der Waals surface area (Å²) in [5.74, 6) is -0.175. The van der Waals surface area contributed by atoms with Gasteiger partial charge in [0.25, 0.3) is 5.91 Å². The van der Waals surface area contributed by atoms with E-state index in [2.05, 4.69) is 22.5 Å². The van der Waals surface area contributed by atoms with Crippen LogP contribution < -0.4 is 10.6 Å². The molecule has 0 atom stereocenters. The maximum atomic E-state index is 11.7. The Hall–Kier alpha value is -1.62. The highest BCUT2D eigenvalue weighted by Crippen LogP contribution is 2.06. The van der Waals surface area contributed by atoms with Crippen LogP contribution in [0.4, 0.5) is 5.69 Å². The molecule has 0 saturated heterocycles. The summed E-state index contributed by atoms with van der Waals surface area (Å²) in [5.41, 5.74) is 1.28. The molecule has 0 aliphatic heterocycles. The van der Waals surface area contributed by atoms with Crippen LogP contribution in [0, 0.1) is 0 Å². The number of rotatable bonds is 8. The van der Waals surface area contributed by atoms with Crippen molar-refractivity contribution in [1.82, 2.24) is 10.3 Å². The highest BCUT2D eigenvalue weighted by atomic mass is 16.5. The van der Waals surface area contributed by atoms with Crippen molar-refractivity contribution < 1.29 is 9.53 Å². The number of aromatic nitrogens is 1. The molecule has 0 aromatic carbocycles. The standard InChI is InChI=1S/C13H21N3O2/c1-3-4-8-18-9-7-16-13(17)12-10-11(14-2)5-6-15-12/h5-6,10H,3-4,7-9H2,1-2H3,(H,14,15)(H,16,17). The van der Waals surface area contributed by atoms with Gasteiger partial charge in [-0.3, -0.25) is 9.78 Å². The Morgan fingerprint density at radius 2 is 2.28 bits per heavy atom. The van der Waals surface area contributed by atoms with Crippen molar-refractivity contribution in [2.45, 2.75) is 19.8 Å². The minimum Gasteiger partial charge on any atom is -0.388 e. The fourth-order valence-electron chi connectivity index (χ4n) is 1.39. The van der Waals surface area contributed by atoms with Crippen molar-refractivity contribution in [3.05, 3.63) is 24.0 Å². The summed E-state index contributed by atoms with van der Waals surface area (Å²) in [7, 11) is 1.80. The average Bonchev–Trinajstić information content (AvgIpc) is 2.42. The monoisotopic (exact) mass is 251 g/mol. The van der Waals surface area contributed by atoms with E-state index in [1.165, 1.54) is 0 Å². The van der Waals surface area contributed by atoms with Gasteiger partial charge in [0.1, 0.15) is 5.69 Å². The number of carbonyl (C=O) groups excluding carboxylic acids is 1. The van der Waals surface area contributed by atoms with Crippen LogP contribution in [0.2, 0.25) is 0 Å². The van der Waals surface area contributed by atoms with E-state index in [1.54, 1.807) is 19.3 Å². The van der Waals surface area contributed by atoms with Gasteiger partial charge in [0.05, 0.1) is 6.61 Å². The van der Waals surface area contributed by atoms with Gasteiger partial charge < -0.3 is 15.4 Å². The third-order valence-corrected chi connectivity index (χ3v) is 2.46. The van der Waals surface area contributed by atoms with E-state index in [4.69, 9.17) is 4.74 Å². The van der Waals surface area contributed by atoms with Crippen molar-refractivity contribution in [2.75, 3.05) is 32.1 Å². The molecule has 5 heteroatoms. The summed E-state index contributed by atoms with van der Waals surface area (Å²) in [6.07, 6.45) is 3.78. The van der Waals surface area contributed by atoms with Crippen LogP contribution in [0.1, 0.15) is 30.3 Å². The van der Waals surface area contributed by atoms with Gasteiger partial charge in [0, 0.05) is 32.1 Å². The normalized spacial score (nSPS) is 10.1. The molecule has 5 nitrogen and oxygen atoms in total. The van der Waals surface area contributed by atoms with E-state index in [0.29, 0.717) is 18.8 Å². The first-order valence-electron chi connectivity index (χ1n) is 6.27. The predicted octanol–water partition coefficient (Wildman–Crippen LogP) is 1.67. The molecule has 18 heavy (non-hydrogen) atoms. The quantitative estimate of drug-likeness (QED) is 0.690. The highest BCUT2D eigenvalue weighted by molar-refractivity contribution is 5.93. The first kappa shape index (κ1) is 14.4. The Bertz CT molecular complexity index is 369. The Balaban J connectivity index is 2.27. The molecule has 0 aliphatic rings. The van der Waals surface area contributed by atoms with Gasteiger partial charge >= 0.3 is 0 Å². The van der Waals surface area contributed by atoms with Gasteiger partial charge in [-0.25, -0.2) is 0 Å². The lowest BCUT2D eigenvalue weighted by atomic mass is 10.3. The molecular formula is C13H21N3O2. The molecule has 0 radical (unpaired) electrons. The van der Waals surface area contributed by atoms with Crippen LogP contribution in [0.5, 0.6) is 0 Å². The number of hydrogen-bond acceptors (Lipinski definition) is 4. The smallest absolute Gasteiger partial charge is 0.270 e. The van der Waals surface area contributed by atoms with Crippen molar-refractivity contribution in [3.63, 3.8) is 0 Å². The Kier molecular flexibility index (Phi) is 6.79. The molecule has 0 aliphatic carbocycles. The third kappa shape index (κ3) is 5.14. The van der Waals surface area contributed by atoms with Gasteiger partial charge in [-0.05, 0) is 18.6 Å². The zero-order valence-corrected chi connectivity index (χ0v) is 11.0. The number of carbonyl (C=O) groups is 1. The summed E-state index contributed by atoms with van der Waals surface area (Å²) in [6, 6.07) is 3.53. The van der Waals surface area contributed by atoms with Crippen molar-refractivity contribution in [2.24, 2.45) is 0 Å². The zero-order valence-electron chi connectivity index (χ0n) is 11.0. The molecule has 0 unspecified atom stereocenters. The minimum atomic E-state index is -0.175. The number of nitrogens with zero attached hydrogens (tertiary/aromatic N) is 1. The second-order valence-electron chi connectivity index (χ2n) is 3.90. The van der Waals surface area contributed by atoms with E-state index in [0.717, 1.165) is 25.1 Å². The van der Waals surface area contributed by atoms with Crippen LogP contribution in [0.15, 0.2) is 18.3 Å². The third-order valence-electron chi connectivity index (χ3n) is 2.46. The molecule has 100 valence electrons. The molecule has 0 spiro atoms. The SMILES string of the molecule is CCCCOCCNC(=O)c1cc(NC)ccn1. The van der Waals surface area contributed by atoms with E-state index in [-0.39, 0.29) is 5.91 Å². The van der Waals surface area contributed by atoms with Crippen LogP contribution in [0.3, 0.4) is 0 Å². The largest absolute Gasteiger partial charge is 0.388 e. The molecule has 1 aromatic heterocycles. The molecule has 0 bridgehead atoms.